The Morgan fingerprint density at radius 3 is 2.31 bits per heavy atom. The van der Waals surface area contributed by atoms with Crippen LogP contribution in [0.2, 0.25) is 0 Å². The lowest BCUT2D eigenvalue weighted by Crippen LogP contribution is -2.61. The Balaban J connectivity index is 1.77. The number of morpholine rings is 1. The third kappa shape index (κ3) is 1.79. The highest BCUT2D eigenvalue weighted by molar-refractivity contribution is 5.07. The van der Waals surface area contributed by atoms with Crippen LogP contribution in [0.25, 0.3) is 0 Å². The molecule has 3 nitrogen and oxygen atoms in total. The Kier molecular flexibility index (Phi) is 2.94. The van der Waals surface area contributed by atoms with E-state index < -0.39 is 0 Å². The topological polar surface area (TPSA) is 38.5 Å². The first-order chi connectivity index (χ1) is 7.83. The molecule has 1 saturated heterocycles. The number of nitrogens with two attached hydrogens (primary N) is 1. The van der Waals surface area contributed by atoms with Crippen molar-refractivity contribution in [3.63, 3.8) is 0 Å². The fourth-order valence-corrected chi connectivity index (χ4v) is 3.75. The third-order valence-electron chi connectivity index (χ3n) is 4.86. The van der Waals surface area contributed by atoms with Gasteiger partial charge in [-0.25, -0.2) is 0 Å². The van der Waals surface area contributed by atoms with Crippen molar-refractivity contribution in [1.29, 1.82) is 0 Å². The van der Waals surface area contributed by atoms with Crippen LogP contribution in [0.4, 0.5) is 0 Å². The van der Waals surface area contributed by atoms with Crippen molar-refractivity contribution in [2.75, 3.05) is 26.3 Å². The Labute approximate surface area is 98.3 Å². The molecule has 16 heavy (non-hydrogen) atoms. The first-order valence-electron chi connectivity index (χ1n) is 6.91. The molecule has 92 valence electrons. The summed E-state index contributed by atoms with van der Waals surface area (Å²) >= 11 is 0. The SMILES string of the molecule is NC(C1CC1)C1(N2CCOCC2)CCCC1. The molecule has 0 amide bonds. The molecule has 3 fully saturated rings. The summed E-state index contributed by atoms with van der Waals surface area (Å²) in [5.41, 5.74) is 6.91. The van der Waals surface area contributed by atoms with Crippen molar-refractivity contribution in [2.45, 2.75) is 50.1 Å². The minimum atomic E-state index is 0.338. The molecule has 3 heteroatoms. The van der Waals surface area contributed by atoms with Gasteiger partial charge < -0.3 is 10.5 Å². The smallest absolute Gasteiger partial charge is 0.0594 e. The maximum absolute atomic E-state index is 6.57. The zero-order chi connectivity index (χ0) is 11.0. The van der Waals surface area contributed by atoms with E-state index >= 15 is 0 Å². The van der Waals surface area contributed by atoms with Crippen molar-refractivity contribution in [3.8, 4) is 0 Å². The molecule has 0 aromatic rings. The zero-order valence-corrected chi connectivity index (χ0v) is 10.2. The summed E-state index contributed by atoms with van der Waals surface area (Å²) in [6.45, 7) is 4.00. The van der Waals surface area contributed by atoms with Gasteiger partial charge >= 0.3 is 0 Å². The summed E-state index contributed by atoms with van der Waals surface area (Å²) in [5, 5.41) is 0. The van der Waals surface area contributed by atoms with Crippen molar-refractivity contribution >= 4 is 0 Å². The van der Waals surface area contributed by atoms with Gasteiger partial charge in [0.25, 0.3) is 0 Å². The van der Waals surface area contributed by atoms with Gasteiger partial charge in [0.15, 0.2) is 0 Å². The Bertz CT molecular complexity index is 240. The number of hydrogen-bond donors (Lipinski definition) is 1. The molecular formula is C13H24N2O. The van der Waals surface area contributed by atoms with E-state index in [9.17, 15) is 0 Å². The standard InChI is InChI=1S/C13H24N2O/c14-12(11-3-4-11)13(5-1-2-6-13)15-7-9-16-10-8-15/h11-12H,1-10,14H2. The highest BCUT2D eigenvalue weighted by Gasteiger charge is 2.49. The van der Waals surface area contributed by atoms with Gasteiger partial charge in [0.05, 0.1) is 13.2 Å². The molecule has 0 bridgehead atoms. The Morgan fingerprint density at radius 1 is 1.12 bits per heavy atom. The second-order valence-electron chi connectivity index (χ2n) is 5.77. The van der Waals surface area contributed by atoms with E-state index in [-0.39, 0.29) is 0 Å². The Morgan fingerprint density at radius 2 is 1.75 bits per heavy atom. The summed E-state index contributed by atoms with van der Waals surface area (Å²) in [5.74, 6) is 0.820. The molecule has 0 radical (unpaired) electrons. The van der Waals surface area contributed by atoms with Gasteiger partial charge in [-0.3, -0.25) is 4.90 Å². The molecule has 3 aliphatic rings. The van der Waals surface area contributed by atoms with E-state index in [0.717, 1.165) is 32.2 Å². The minimum Gasteiger partial charge on any atom is -0.379 e. The van der Waals surface area contributed by atoms with Crippen molar-refractivity contribution < 1.29 is 4.74 Å². The second-order valence-corrected chi connectivity index (χ2v) is 5.77. The van der Waals surface area contributed by atoms with Gasteiger partial charge in [0.2, 0.25) is 0 Å². The van der Waals surface area contributed by atoms with Gasteiger partial charge in [-0.1, -0.05) is 12.8 Å². The first-order valence-corrected chi connectivity index (χ1v) is 6.91. The molecule has 3 rings (SSSR count). The van der Waals surface area contributed by atoms with Crippen molar-refractivity contribution in [1.82, 2.24) is 4.90 Å². The third-order valence-corrected chi connectivity index (χ3v) is 4.86. The van der Waals surface area contributed by atoms with E-state index in [1.54, 1.807) is 0 Å². The Hall–Kier alpha value is -0.120. The predicted molar refractivity (Wildman–Crippen MR) is 64.3 cm³/mol. The number of rotatable bonds is 3. The van der Waals surface area contributed by atoms with Crippen molar-refractivity contribution in [2.24, 2.45) is 11.7 Å². The second kappa shape index (κ2) is 4.28. The largest absolute Gasteiger partial charge is 0.379 e. The highest BCUT2D eigenvalue weighted by atomic mass is 16.5. The number of nitrogens with zero attached hydrogens (tertiary/aromatic N) is 1. The van der Waals surface area contributed by atoms with Crippen LogP contribution in [0.3, 0.4) is 0 Å². The van der Waals surface area contributed by atoms with Gasteiger partial charge in [-0.05, 0) is 31.6 Å². The fraction of sp³-hybridized carbons (Fsp3) is 1.00. The maximum Gasteiger partial charge on any atom is 0.0594 e. The lowest BCUT2D eigenvalue weighted by molar-refractivity contribution is -0.0333. The molecule has 1 unspecified atom stereocenters. The maximum atomic E-state index is 6.57. The summed E-state index contributed by atoms with van der Waals surface area (Å²) < 4.78 is 5.48. The lowest BCUT2D eigenvalue weighted by atomic mass is 9.83. The van der Waals surface area contributed by atoms with Crippen LogP contribution in [0.15, 0.2) is 0 Å². The average molecular weight is 224 g/mol. The predicted octanol–water partition coefficient (Wildman–Crippen LogP) is 1.37. The lowest BCUT2D eigenvalue weighted by Gasteiger charge is -2.47. The van der Waals surface area contributed by atoms with Crippen molar-refractivity contribution in [3.05, 3.63) is 0 Å². The van der Waals surface area contributed by atoms with Gasteiger partial charge in [0, 0.05) is 24.7 Å². The molecule has 2 saturated carbocycles. The molecule has 0 spiro atoms. The summed E-state index contributed by atoms with van der Waals surface area (Å²) in [4.78, 5) is 2.66. The normalized spacial score (nSPS) is 32.8. The number of hydrogen-bond acceptors (Lipinski definition) is 3. The quantitative estimate of drug-likeness (QED) is 0.787. The van der Waals surface area contributed by atoms with E-state index in [1.807, 2.05) is 0 Å². The van der Waals surface area contributed by atoms with E-state index in [0.29, 0.717) is 11.6 Å². The van der Waals surface area contributed by atoms with Crippen LogP contribution < -0.4 is 5.73 Å². The highest BCUT2D eigenvalue weighted by Crippen LogP contribution is 2.45. The van der Waals surface area contributed by atoms with Gasteiger partial charge in [-0.2, -0.15) is 0 Å². The molecule has 1 atom stereocenters. The van der Waals surface area contributed by atoms with Crippen LogP contribution in [-0.4, -0.2) is 42.8 Å². The van der Waals surface area contributed by atoms with Crippen LogP contribution in [0.5, 0.6) is 0 Å². The van der Waals surface area contributed by atoms with Gasteiger partial charge in [-0.15, -0.1) is 0 Å². The van der Waals surface area contributed by atoms with Gasteiger partial charge in [0.1, 0.15) is 0 Å². The molecule has 2 N–H and O–H groups in total. The van der Waals surface area contributed by atoms with E-state index in [1.165, 1.54) is 38.5 Å². The minimum absolute atomic E-state index is 0.338. The van der Waals surface area contributed by atoms with Crippen LogP contribution in [0.1, 0.15) is 38.5 Å². The molecular weight excluding hydrogens is 200 g/mol. The van der Waals surface area contributed by atoms with E-state index in [4.69, 9.17) is 10.5 Å². The fourth-order valence-electron chi connectivity index (χ4n) is 3.75. The molecule has 0 aromatic heterocycles. The molecule has 0 aromatic carbocycles. The first kappa shape index (κ1) is 11.0. The number of ether oxygens (including phenoxy) is 1. The zero-order valence-electron chi connectivity index (χ0n) is 10.2. The molecule has 1 aliphatic heterocycles. The van der Waals surface area contributed by atoms with Crippen LogP contribution >= 0.6 is 0 Å². The van der Waals surface area contributed by atoms with E-state index in [2.05, 4.69) is 4.90 Å². The molecule has 2 aliphatic carbocycles. The van der Waals surface area contributed by atoms with Crippen LogP contribution in [-0.2, 0) is 4.74 Å². The summed E-state index contributed by atoms with van der Waals surface area (Å²) in [6, 6.07) is 0.424. The monoisotopic (exact) mass is 224 g/mol. The van der Waals surface area contributed by atoms with Crippen LogP contribution in [0, 0.1) is 5.92 Å². The molecule has 1 heterocycles. The summed E-state index contributed by atoms with van der Waals surface area (Å²) in [6.07, 6.45) is 8.13. The summed E-state index contributed by atoms with van der Waals surface area (Å²) in [7, 11) is 0. The average Bonchev–Trinajstić information content (AvgIpc) is 3.07.